The highest BCUT2D eigenvalue weighted by atomic mass is 32.1. The minimum Gasteiger partial charge on any atom is -0.465 e. The monoisotopic (exact) mass is 1270 g/mol. The van der Waals surface area contributed by atoms with Crippen molar-refractivity contribution < 1.29 is 86.4 Å². The molecule has 2 aliphatic rings. The van der Waals surface area contributed by atoms with Gasteiger partial charge < -0.3 is 43.0 Å². The van der Waals surface area contributed by atoms with Gasteiger partial charge in [-0.15, -0.1) is 22.7 Å². The number of benzene rings is 5. The van der Waals surface area contributed by atoms with Crippen LogP contribution in [0.15, 0.2) is 122 Å². The average molecular weight is 1270 g/mol. The highest BCUT2D eigenvalue weighted by molar-refractivity contribution is 7.24. The number of nitro benzene ring substituents is 2. The number of unbranched alkanes of at least 4 members (excludes halogenated alkanes) is 2. The van der Waals surface area contributed by atoms with Crippen molar-refractivity contribution in [3.05, 3.63) is 154 Å². The van der Waals surface area contributed by atoms with Crippen LogP contribution in [0, 0.1) is 43.9 Å². The van der Waals surface area contributed by atoms with Crippen LogP contribution in [0.25, 0.3) is 41.6 Å². The standard InChI is InChI=1S/C64H60N4O20S2/c1-3-49(69)81-33-5-7-35-83-59(71)39-21-29-47(30-22-39)85-61(73)41-9-13-43(14-10-41)63(75)87-53-51-56(90-57(65-51)37-17-25-45(26-18-37)67(77)78)54(52-55(53)89-58(66-52)38-19-27-46(28-20-38)68(79)80)88-64(76)44-15-11-42(12-16-44)62(74)86-48-31-23-40(24-32-48)60(72)84-36-8-6-34-82-50(70)4-2/h3-4,17-32,41-44,61,73H,1-2,5-16,33-36H2. The molecular weight excluding hydrogens is 1210 g/mol. The maximum Gasteiger partial charge on any atom is 0.338 e. The molecule has 7 aromatic rings. The first-order valence-electron chi connectivity index (χ1n) is 28.9. The highest BCUT2D eigenvalue weighted by Crippen LogP contribution is 2.51. The van der Waals surface area contributed by atoms with E-state index in [2.05, 4.69) is 13.2 Å². The number of aliphatic hydroxyl groups excluding tert-OH is 1. The van der Waals surface area contributed by atoms with Gasteiger partial charge in [0.15, 0.2) is 17.8 Å². The lowest BCUT2D eigenvalue weighted by Crippen LogP contribution is -2.33. The van der Waals surface area contributed by atoms with Crippen molar-refractivity contribution in [2.75, 3.05) is 26.4 Å². The summed E-state index contributed by atoms with van der Waals surface area (Å²) in [5.74, 6) is -5.82. The summed E-state index contributed by atoms with van der Waals surface area (Å²) in [5.41, 5.74) is 1.32. The summed E-state index contributed by atoms with van der Waals surface area (Å²) in [4.78, 5) is 122. The summed E-state index contributed by atoms with van der Waals surface area (Å²) >= 11 is 2.14. The van der Waals surface area contributed by atoms with Gasteiger partial charge in [0.1, 0.15) is 41.9 Å². The van der Waals surface area contributed by atoms with Gasteiger partial charge in [-0.3, -0.25) is 34.6 Å². The van der Waals surface area contributed by atoms with Crippen molar-refractivity contribution in [1.29, 1.82) is 0 Å². The van der Waals surface area contributed by atoms with Crippen LogP contribution in [-0.4, -0.2) is 99.4 Å². The Balaban J connectivity index is 0.890. The number of ether oxygens (including phenoxy) is 8. The van der Waals surface area contributed by atoms with Crippen molar-refractivity contribution in [1.82, 2.24) is 9.97 Å². The SMILES string of the molecule is C=CC(=O)OCCCCOC(=O)c1ccc(OC(=O)C2CCC(C(=O)Oc3c4nc(-c5ccc([N+](=O)[O-])cc5)sc4c(OC(=O)C4CCC(C(O)Oc5ccc(C(=O)OCCCCOC(=O)C=C)cc5)CC4)c4nc(-c5ccc([N+](=O)[O-])cc5)sc34)CC2)cc1. The zero-order valence-electron chi connectivity index (χ0n) is 48.3. The molecule has 26 heteroatoms. The molecule has 468 valence electrons. The van der Waals surface area contributed by atoms with Gasteiger partial charge in [-0.25, -0.2) is 29.1 Å². The van der Waals surface area contributed by atoms with E-state index >= 15 is 0 Å². The molecule has 2 aliphatic carbocycles. The fraction of sp³-hybridized carbons (Fsp3) is 0.328. The van der Waals surface area contributed by atoms with Crippen LogP contribution in [-0.2, 0) is 42.9 Å². The first-order chi connectivity index (χ1) is 43.5. The number of thiazole rings is 2. The molecule has 90 heavy (non-hydrogen) atoms. The number of carbonyl (C=O) groups is 7. The smallest absolute Gasteiger partial charge is 0.338 e. The molecular formula is C64H60N4O20S2. The Labute approximate surface area is 521 Å². The van der Waals surface area contributed by atoms with Crippen molar-refractivity contribution in [2.45, 2.75) is 83.3 Å². The van der Waals surface area contributed by atoms with Crippen LogP contribution in [0.5, 0.6) is 23.0 Å². The van der Waals surface area contributed by atoms with Crippen LogP contribution < -0.4 is 18.9 Å². The first-order valence-corrected chi connectivity index (χ1v) is 30.5. The van der Waals surface area contributed by atoms with Crippen LogP contribution >= 0.6 is 22.7 Å². The van der Waals surface area contributed by atoms with E-state index in [1.165, 1.54) is 97.1 Å². The van der Waals surface area contributed by atoms with Crippen molar-refractivity contribution >= 4 is 96.3 Å². The number of esters is 7. The van der Waals surface area contributed by atoms with E-state index in [0.29, 0.717) is 78.3 Å². The number of nitrogens with zero attached hydrogens (tertiary/aromatic N) is 4. The molecule has 1 N–H and O–H groups in total. The van der Waals surface area contributed by atoms with Crippen molar-refractivity contribution in [3.8, 4) is 44.1 Å². The molecule has 0 aliphatic heterocycles. The van der Waals surface area contributed by atoms with E-state index in [-0.39, 0.29) is 118 Å². The van der Waals surface area contributed by atoms with Crippen LogP contribution in [0.3, 0.4) is 0 Å². The van der Waals surface area contributed by atoms with Gasteiger partial charge in [0.25, 0.3) is 11.4 Å². The van der Waals surface area contributed by atoms with Crippen molar-refractivity contribution in [2.24, 2.45) is 23.7 Å². The molecule has 0 spiro atoms. The van der Waals surface area contributed by atoms with Gasteiger partial charge in [0, 0.05) is 53.5 Å². The Kier molecular flexibility index (Phi) is 21.9. The van der Waals surface area contributed by atoms with E-state index in [9.17, 15) is 58.9 Å². The predicted octanol–water partition coefficient (Wildman–Crippen LogP) is 11.8. The Bertz CT molecular complexity index is 3700. The minimum absolute atomic E-state index is 0.00440. The van der Waals surface area contributed by atoms with Gasteiger partial charge in [0.2, 0.25) is 0 Å². The second kappa shape index (κ2) is 30.4. The summed E-state index contributed by atoms with van der Waals surface area (Å²) in [7, 11) is 0. The van der Waals surface area contributed by atoms with Crippen LogP contribution in [0.2, 0.25) is 0 Å². The highest BCUT2D eigenvalue weighted by Gasteiger charge is 2.37. The molecule has 0 amide bonds. The molecule has 2 heterocycles. The molecule has 9 rings (SSSR count). The molecule has 24 nitrogen and oxygen atoms in total. The molecule has 2 saturated carbocycles. The van der Waals surface area contributed by atoms with E-state index in [1.807, 2.05) is 0 Å². The molecule has 0 radical (unpaired) electrons. The van der Waals surface area contributed by atoms with E-state index in [1.54, 1.807) is 0 Å². The first kappa shape index (κ1) is 64.7. The number of nitro groups is 2. The number of aliphatic hydroxyl groups is 1. The van der Waals surface area contributed by atoms with Gasteiger partial charge >= 0.3 is 41.8 Å². The lowest BCUT2D eigenvalue weighted by Gasteiger charge is -2.30. The predicted molar refractivity (Wildman–Crippen MR) is 326 cm³/mol. The molecule has 0 bridgehead atoms. The normalized spacial score (nSPS) is 16.6. The summed E-state index contributed by atoms with van der Waals surface area (Å²) < 4.78 is 45.2. The largest absolute Gasteiger partial charge is 0.465 e. The number of hydrogen-bond donors (Lipinski definition) is 1. The van der Waals surface area contributed by atoms with E-state index < -0.39 is 75.7 Å². The fourth-order valence-electron chi connectivity index (χ4n) is 10.1. The van der Waals surface area contributed by atoms with Gasteiger partial charge in [-0.2, -0.15) is 0 Å². The van der Waals surface area contributed by atoms with E-state index in [0.717, 1.165) is 34.8 Å². The second-order valence-electron chi connectivity index (χ2n) is 21.1. The summed E-state index contributed by atoms with van der Waals surface area (Å²) in [6.07, 6.45) is 5.12. The van der Waals surface area contributed by atoms with Crippen LogP contribution in [0.1, 0.15) is 97.8 Å². The molecule has 1 unspecified atom stereocenters. The lowest BCUT2D eigenvalue weighted by atomic mass is 9.81. The Hall–Kier alpha value is -9.79. The van der Waals surface area contributed by atoms with Gasteiger partial charge in [-0.05, 0) is 150 Å². The summed E-state index contributed by atoms with van der Waals surface area (Å²) in [5, 5.41) is 35.1. The van der Waals surface area contributed by atoms with Crippen molar-refractivity contribution in [3.63, 3.8) is 0 Å². The molecule has 1 atom stereocenters. The molecule has 0 saturated heterocycles. The number of fused-ring (bicyclic) bond motifs is 2. The number of hydrogen-bond acceptors (Lipinski definition) is 24. The van der Waals surface area contributed by atoms with E-state index in [4.69, 9.17) is 47.9 Å². The zero-order valence-corrected chi connectivity index (χ0v) is 49.9. The summed E-state index contributed by atoms with van der Waals surface area (Å²) in [6, 6.07) is 23.3. The topological polar surface area (TPSA) is 326 Å². The number of carbonyl (C=O) groups excluding carboxylic acids is 7. The number of aromatic nitrogens is 2. The maximum atomic E-state index is 14.5. The zero-order chi connectivity index (χ0) is 63.8. The quantitative estimate of drug-likeness (QED) is 0.00730. The van der Waals surface area contributed by atoms with Crippen LogP contribution in [0.4, 0.5) is 11.4 Å². The van der Waals surface area contributed by atoms with Gasteiger partial charge in [-0.1, -0.05) is 13.2 Å². The number of non-ortho nitro benzene ring substituents is 2. The third-order valence-corrected chi connectivity index (χ3v) is 17.3. The lowest BCUT2D eigenvalue weighted by molar-refractivity contribution is -0.385. The average Bonchev–Trinajstić information content (AvgIpc) is 1.58. The Morgan fingerprint density at radius 3 is 1.24 bits per heavy atom. The third-order valence-electron chi connectivity index (χ3n) is 15.1. The second-order valence-corrected chi connectivity index (χ2v) is 23.1. The number of rotatable bonds is 27. The Morgan fingerprint density at radius 2 is 0.867 bits per heavy atom. The Morgan fingerprint density at radius 1 is 0.511 bits per heavy atom. The maximum absolute atomic E-state index is 14.5. The molecule has 5 aromatic carbocycles. The van der Waals surface area contributed by atoms with Gasteiger partial charge in [0.05, 0.1) is 65.2 Å². The molecule has 2 fully saturated rings. The minimum atomic E-state index is -1.26. The summed E-state index contributed by atoms with van der Waals surface area (Å²) in [6.45, 7) is 7.22. The fourth-order valence-corrected chi connectivity index (χ4v) is 12.2. The molecule has 2 aromatic heterocycles. The third kappa shape index (κ3) is 16.5.